The molecule has 0 aliphatic heterocycles. The first kappa shape index (κ1) is 16.9. The third-order valence-corrected chi connectivity index (χ3v) is 6.95. The molecule has 140 valence electrons. The molecule has 0 saturated heterocycles. The Labute approximate surface area is 160 Å². The number of aldehydes is 1. The Bertz CT molecular complexity index is 811. The Hall–Kier alpha value is -2.29. The molecule has 6 rings (SSSR count). The lowest BCUT2D eigenvalue weighted by molar-refractivity contribution is -0.0795. The van der Waals surface area contributed by atoms with E-state index in [2.05, 4.69) is 12.1 Å². The molecule has 2 aromatic carbocycles. The van der Waals surface area contributed by atoms with E-state index in [4.69, 9.17) is 9.47 Å². The van der Waals surface area contributed by atoms with Crippen molar-refractivity contribution in [1.29, 1.82) is 0 Å². The number of methoxy groups -OCH3 is 1. The van der Waals surface area contributed by atoms with Crippen LogP contribution in [-0.2, 0) is 0 Å². The van der Waals surface area contributed by atoms with Crippen LogP contribution in [0.5, 0.6) is 11.5 Å². The first-order chi connectivity index (χ1) is 13.2. The molecule has 0 spiro atoms. The van der Waals surface area contributed by atoms with Crippen LogP contribution in [0.25, 0.3) is 11.1 Å². The number of ether oxygens (including phenoxy) is 2. The Kier molecular flexibility index (Phi) is 4.18. The van der Waals surface area contributed by atoms with E-state index in [1.165, 1.54) is 32.1 Å². The van der Waals surface area contributed by atoms with Gasteiger partial charge in [0, 0.05) is 5.56 Å². The molecule has 0 amide bonds. The molecule has 4 fully saturated rings. The Morgan fingerprint density at radius 2 is 1.44 bits per heavy atom. The van der Waals surface area contributed by atoms with E-state index in [1.54, 1.807) is 7.11 Å². The highest BCUT2D eigenvalue weighted by molar-refractivity contribution is 5.77. The second kappa shape index (κ2) is 6.70. The summed E-state index contributed by atoms with van der Waals surface area (Å²) in [4.78, 5) is 10.9. The second-order valence-electron chi connectivity index (χ2n) is 8.62. The number of rotatable bonds is 5. The van der Waals surface area contributed by atoms with Gasteiger partial charge in [0.25, 0.3) is 0 Å². The van der Waals surface area contributed by atoms with E-state index in [0.29, 0.717) is 23.5 Å². The minimum absolute atomic E-state index is 0.333. The summed E-state index contributed by atoms with van der Waals surface area (Å²) < 4.78 is 12.2. The van der Waals surface area contributed by atoms with Crippen LogP contribution < -0.4 is 9.47 Å². The largest absolute Gasteiger partial charge is 0.493 e. The maximum Gasteiger partial charge on any atom is 0.162 e. The molecule has 4 saturated carbocycles. The minimum Gasteiger partial charge on any atom is -0.493 e. The quantitative estimate of drug-likeness (QED) is 0.670. The Balaban J connectivity index is 1.43. The zero-order chi connectivity index (χ0) is 18.4. The summed E-state index contributed by atoms with van der Waals surface area (Å²) in [6.45, 7) is 0. The first-order valence-electron chi connectivity index (χ1n) is 10.1. The highest BCUT2D eigenvalue weighted by Gasteiger charge is 2.49. The third kappa shape index (κ3) is 3.03. The normalized spacial score (nSPS) is 30.9. The van der Waals surface area contributed by atoms with Crippen molar-refractivity contribution in [3.05, 3.63) is 48.0 Å². The van der Waals surface area contributed by atoms with Gasteiger partial charge in [0.1, 0.15) is 12.4 Å². The van der Waals surface area contributed by atoms with Gasteiger partial charge in [0.15, 0.2) is 11.5 Å². The molecular weight excluding hydrogens is 336 g/mol. The molecule has 3 nitrogen and oxygen atoms in total. The van der Waals surface area contributed by atoms with Gasteiger partial charge in [-0.3, -0.25) is 4.79 Å². The summed E-state index contributed by atoms with van der Waals surface area (Å²) in [7, 11) is 1.71. The smallest absolute Gasteiger partial charge is 0.162 e. The van der Waals surface area contributed by atoms with Gasteiger partial charge < -0.3 is 9.47 Å². The lowest BCUT2D eigenvalue weighted by Crippen LogP contribution is -2.50. The molecule has 0 aromatic heterocycles. The third-order valence-electron chi connectivity index (χ3n) is 6.95. The van der Waals surface area contributed by atoms with Gasteiger partial charge in [-0.15, -0.1) is 0 Å². The number of hydrogen-bond donors (Lipinski definition) is 0. The molecule has 27 heavy (non-hydrogen) atoms. The standard InChI is InChI=1S/C24H26O3/c1-26-22-7-6-19(18-4-2-15(14-25)3-5-18)13-23(22)27-24-20-9-16-8-17(11-20)12-21(24)10-16/h2-7,13-14,16-17,20-21,24H,8-12H2,1H3. The molecular formula is C24H26O3. The minimum atomic E-state index is 0.333. The molecule has 0 heterocycles. The van der Waals surface area contributed by atoms with Crippen LogP contribution in [-0.4, -0.2) is 19.5 Å². The topological polar surface area (TPSA) is 35.5 Å². The predicted molar refractivity (Wildman–Crippen MR) is 105 cm³/mol. The zero-order valence-electron chi connectivity index (χ0n) is 15.8. The summed E-state index contributed by atoms with van der Waals surface area (Å²) in [5.41, 5.74) is 2.86. The first-order valence-corrected chi connectivity index (χ1v) is 10.1. The van der Waals surface area contributed by atoms with Gasteiger partial charge in [-0.2, -0.15) is 0 Å². The molecule has 4 bridgehead atoms. The van der Waals surface area contributed by atoms with E-state index in [9.17, 15) is 4.79 Å². The van der Waals surface area contributed by atoms with Crippen LogP contribution in [0.2, 0.25) is 0 Å². The molecule has 4 aliphatic carbocycles. The van der Waals surface area contributed by atoms with Crippen molar-refractivity contribution in [2.45, 2.75) is 38.2 Å². The average Bonchev–Trinajstić information content (AvgIpc) is 2.70. The lowest BCUT2D eigenvalue weighted by atomic mass is 9.55. The molecule has 0 radical (unpaired) electrons. The highest BCUT2D eigenvalue weighted by atomic mass is 16.5. The second-order valence-corrected chi connectivity index (χ2v) is 8.62. The van der Waals surface area contributed by atoms with E-state index in [-0.39, 0.29) is 0 Å². The maximum atomic E-state index is 10.9. The molecule has 3 heteroatoms. The van der Waals surface area contributed by atoms with E-state index < -0.39 is 0 Å². The van der Waals surface area contributed by atoms with Crippen molar-refractivity contribution in [1.82, 2.24) is 0 Å². The Morgan fingerprint density at radius 3 is 2.04 bits per heavy atom. The lowest BCUT2D eigenvalue weighted by Gasteiger charge is -2.53. The molecule has 2 aromatic rings. The summed E-state index contributed by atoms with van der Waals surface area (Å²) >= 11 is 0. The van der Waals surface area contributed by atoms with Crippen molar-refractivity contribution < 1.29 is 14.3 Å². The Morgan fingerprint density at radius 1 is 0.815 bits per heavy atom. The van der Waals surface area contributed by atoms with Crippen molar-refractivity contribution in [3.8, 4) is 22.6 Å². The van der Waals surface area contributed by atoms with Crippen LogP contribution >= 0.6 is 0 Å². The highest BCUT2D eigenvalue weighted by Crippen LogP contribution is 2.55. The number of carbonyl (C=O) groups excluding carboxylic acids is 1. The van der Waals surface area contributed by atoms with Gasteiger partial charge in [-0.25, -0.2) is 0 Å². The van der Waals surface area contributed by atoms with Crippen molar-refractivity contribution in [2.24, 2.45) is 23.7 Å². The van der Waals surface area contributed by atoms with Crippen molar-refractivity contribution >= 4 is 6.29 Å². The van der Waals surface area contributed by atoms with Gasteiger partial charge in [0.05, 0.1) is 7.11 Å². The summed E-state index contributed by atoms with van der Waals surface area (Å²) in [5, 5.41) is 0. The van der Waals surface area contributed by atoms with Crippen molar-refractivity contribution in [2.75, 3.05) is 7.11 Å². The van der Waals surface area contributed by atoms with Crippen LogP contribution in [0.15, 0.2) is 42.5 Å². The fraction of sp³-hybridized carbons (Fsp3) is 0.458. The summed E-state index contributed by atoms with van der Waals surface area (Å²) in [6.07, 6.45) is 8.02. The molecule has 4 aliphatic rings. The fourth-order valence-corrected chi connectivity index (χ4v) is 5.92. The maximum absolute atomic E-state index is 10.9. The SMILES string of the molecule is COc1ccc(-c2ccc(C=O)cc2)cc1OC1C2CC3CC(C2)CC1C3. The summed E-state index contributed by atoms with van der Waals surface area (Å²) in [6, 6.07) is 13.8. The number of carbonyl (C=O) groups is 1. The monoisotopic (exact) mass is 362 g/mol. The number of benzene rings is 2. The van der Waals surface area contributed by atoms with Crippen LogP contribution in [0.1, 0.15) is 42.5 Å². The van der Waals surface area contributed by atoms with Crippen LogP contribution in [0.3, 0.4) is 0 Å². The van der Waals surface area contributed by atoms with Gasteiger partial charge in [-0.1, -0.05) is 30.3 Å². The van der Waals surface area contributed by atoms with Gasteiger partial charge in [-0.05, 0) is 79.0 Å². The summed E-state index contributed by atoms with van der Waals surface area (Å²) in [5.74, 6) is 4.96. The molecule has 0 N–H and O–H groups in total. The zero-order valence-corrected chi connectivity index (χ0v) is 15.8. The molecule has 0 unspecified atom stereocenters. The van der Waals surface area contributed by atoms with Gasteiger partial charge in [0.2, 0.25) is 0 Å². The van der Waals surface area contributed by atoms with Crippen molar-refractivity contribution in [3.63, 3.8) is 0 Å². The average molecular weight is 362 g/mol. The number of hydrogen-bond acceptors (Lipinski definition) is 3. The van der Waals surface area contributed by atoms with E-state index >= 15 is 0 Å². The van der Waals surface area contributed by atoms with E-state index in [1.807, 2.05) is 30.3 Å². The van der Waals surface area contributed by atoms with Gasteiger partial charge >= 0.3 is 0 Å². The molecule has 0 atom stereocenters. The van der Waals surface area contributed by atoms with E-state index in [0.717, 1.165) is 40.7 Å². The van der Waals surface area contributed by atoms with Crippen LogP contribution in [0.4, 0.5) is 0 Å². The van der Waals surface area contributed by atoms with Crippen LogP contribution in [0, 0.1) is 23.7 Å². The fourth-order valence-electron chi connectivity index (χ4n) is 5.92. The predicted octanol–water partition coefficient (Wildman–Crippen LogP) is 5.38.